The number of esters is 1. The quantitative estimate of drug-likeness (QED) is 0.217. The Kier molecular flexibility index (Phi) is 7.91. The number of cyclic esters (lactones) is 1. The van der Waals surface area contributed by atoms with Crippen LogP contribution in [0.2, 0.25) is 0 Å². The number of rotatable bonds is 0. The highest BCUT2D eigenvalue weighted by Crippen LogP contribution is 2.53. The maximum Gasteiger partial charge on any atom is 0.316 e. The van der Waals surface area contributed by atoms with Crippen LogP contribution >= 0.6 is 23.2 Å². The molecule has 1 aliphatic heterocycles. The van der Waals surface area contributed by atoms with Gasteiger partial charge in [-0.25, -0.2) is 0 Å². The molecule has 5 nitrogen and oxygen atoms in total. The molecule has 34 heavy (non-hydrogen) atoms. The fourth-order valence-corrected chi connectivity index (χ4v) is 6.57. The van der Waals surface area contributed by atoms with E-state index < -0.39 is 51.3 Å². The Hall–Kier alpha value is -1.43. The van der Waals surface area contributed by atoms with Crippen LogP contribution < -0.4 is 0 Å². The summed E-state index contributed by atoms with van der Waals surface area (Å²) >= 11 is 13.4. The van der Waals surface area contributed by atoms with Crippen molar-refractivity contribution in [3.63, 3.8) is 0 Å². The number of fused-ring (bicyclic) bond motifs is 3. The number of aliphatic hydroxyl groups is 1. The third-order valence-electron chi connectivity index (χ3n) is 8.01. The van der Waals surface area contributed by atoms with Crippen LogP contribution in [-0.2, 0) is 19.1 Å². The van der Waals surface area contributed by atoms with E-state index in [1.165, 1.54) is 13.8 Å². The van der Waals surface area contributed by atoms with E-state index in [-0.39, 0.29) is 29.6 Å². The second-order valence-corrected chi connectivity index (χ2v) is 12.0. The summed E-state index contributed by atoms with van der Waals surface area (Å²) in [6.45, 7) is 10.3. The highest BCUT2D eigenvalue weighted by molar-refractivity contribution is 6.48. The Morgan fingerprint density at radius 2 is 1.59 bits per heavy atom. The Labute approximate surface area is 212 Å². The molecular weight excluding hydrogens is 475 g/mol. The molecule has 1 saturated carbocycles. The maximum atomic E-state index is 14.1. The van der Waals surface area contributed by atoms with Gasteiger partial charge in [-0.2, -0.15) is 0 Å². The van der Waals surface area contributed by atoms with Crippen LogP contribution in [0.15, 0.2) is 36.5 Å². The molecule has 1 heterocycles. The minimum absolute atomic E-state index is 0.0278. The summed E-state index contributed by atoms with van der Waals surface area (Å²) in [5.74, 6) is -4.26. The van der Waals surface area contributed by atoms with Gasteiger partial charge in [-0.3, -0.25) is 14.4 Å². The van der Waals surface area contributed by atoms with Gasteiger partial charge in [0, 0.05) is 5.92 Å². The van der Waals surface area contributed by atoms with Crippen molar-refractivity contribution < 1.29 is 24.2 Å². The first-order valence-electron chi connectivity index (χ1n) is 12.1. The molecule has 2 unspecified atom stereocenters. The number of ether oxygens (including phenoxy) is 1. The topological polar surface area (TPSA) is 80.7 Å². The number of halogens is 2. The predicted molar refractivity (Wildman–Crippen MR) is 134 cm³/mol. The molecule has 0 amide bonds. The predicted octanol–water partition coefficient (Wildman–Crippen LogP) is 4.88. The first kappa shape index (κ1) is 27.2. The SMILES string of the molecule is C[C@@H]1C(=O)O[C@@H](C)/C=C/C=C\[C@@H](C)[C@@H]2C=CC3C[C@@](C)(O)[C@H](Cl)[C@@H](C)[C@H]3[C@@H]2C(=O)C(C)(Cl)C1=O. The minimum Gasteiger partial charge on any atom is -0.458 e. The number of hydrogen-bond donors (Lipinski definition) is 1. The molecule has 0 aromatic carbocycles. The lowest BCUT2D eigenvalue weighted by molar-refractivity contribution is -0.155. The van der Waals surface area contributed by atoms with E-state index in [4.69, 9.17) is 27.9 Å². The monoisotopic (exact) mass is 510 g/mol. The smallest absolute Gasteiger partial charge is 0.316 e. The van der Waals surface area contributed by atoms with Crippen molar-refractivity contribution in [2.75, 3.05) is 0 Å². The summed E-state index contributed by atoms with van der Waals surface area (Å²) < 4.78 is 5.37. The number of carbonyl (C=O) groups excluding carboxylic acids is 3. The van der Waals surface area contributed by atoms with Crippen LogP contribution in [-0.4, -0.2) is 44.6 Å². The van der Waals surface area contributed by atoms with E-state index in [9.17, 15) is 19.5 Å². The van der Waals surface area contributed by atoms with Crippen LogP contribution in [0.3, 0.4) is 0 Å². The molecule has 0 aromatic rings. The molecule has 188 valence electrons. The number of carbonyl (C=O) groups is 3. The number of Topliss-reactive ketones (excluding diaryl/α,β-unsaturated/α-hetero) is 2. The molecule has 3 rings (SSSR count). The largest absolute Gasteiger partial charge is 0.458 e. The molecular formula is C27H36Cl2O5. The Bertz CT molecular complexity index is 918. The molecule has 0 bridgehead atoms. The number of hydrogen-bond acceptors (Lipinski definition) is 5. The van der Waals surface area contributed by atoms with Gasteiger partial charge in [0.2, 0.25) is 0 Å². The molecule has 3 aliphatic rings. The summed E-state index contributed by atoms with van der Waals surface area (Å²) in [5.41, 5.74) is -1.07. The Morgan fingerprint density at radius 3 is 2.24 bits per heavy atom. The summed E-state index contributed by atoms with van der Waals surface area (Å²) in [6, 6.07) is 0. The zero-order valence-corrected chi connectivity index (χ0v) is 22.2. The minimum atomic E-state index is -1.90. The number of alkyl halides is 2. The van der Waals surface area contributed by atoms with Crippen molar-refractivity contribution in [3.05, 3.63) is 36.5 Å². The normalized spacial score (nSPS) is 49.9. The number of ketones is 2. The van der Waals surface area contributed by atoms with Gasteiger partial charge < -0.3 is 9.84 Å². The standard InChI is InChI=1S/C27H36Cl2O5/c1-14-9-7-8-10-15(2)34-25(32)17(4)23(30)27(6,29)24(31)21-19(14)12-11-18-13-26(5,33)22(28)16(3)20(18)21/h7-12,14-22,33H,13H2,1-6H3/b9-7-,10-8+/t14-,15+,16+,17+,18?,19+,20-,21-,22-,26-,27?/m1/s1. The summed E-state index contributed by atoms with van der Waals surface area (Å²) in [4.78, 5) is 38.2. The molecule has 1 fully saturated rings. The number of allylic oxidation sites excluding steroid dienone is 5. The third kappa shape index (κ3) is 4.94. The van der Waals surface area contributed by atoms with Gasteiger partial charge in [0.05, 0.1) is 11.0 Å². The van der Waals surface area contributed by atoms with E-state index in [2.05, 4.69) is 6.08 Å². The van der Waals surface area contributed by atoms with Crippen molar-refractivity contribution in [2.45, 2.75) is 69.9 Å². The molecule has 0 aromatic heterocycles. The van der Waals surface area contributed by atoms with Crippen molar-refractivity contribution in [1.29, 1.82) is 0 Å². The first-order valence-corrected chi connectivity index (χ1v) is 12.9. The van der Waals surface area contributed by atoms with Crippen LogP contribution in [0.25, 0.3) is 0 Å². The fraction of sp³-hybridized carbons (Fsp3) is 0.667. The first-order chi connectivity index (χ1) is 15.7. The molecule has 11 atom stereocenters. The molecule has 0 saturated heterocycles. The zero-order valence-electron chi connectivity index (χ0n) is 20.7. The molecule has 0 spiro atoms. The van der Waals surface area contributed by atoms with E-state index in [1.54, 1.807) is 26.0 Å². The highest BCUT2D eigenvalue weighted by Gasteiger charge is 2.57. The molecule has 2 aliphatic carbocycles. The fourth-order valence-electron chi connectivity index (χ4n) is 6.03. The third-order valence-corrected chi connectivity index (χ3v) is 9.25. The van der Waals surface area contributed by atoms with Crippen molar-refractivity contribution in [1.82, 2.24) is 0 Å². The Balaban J connectivity index is 2.13. The summed E-state index contributed by atoms with van der Waals surface area (Å²) in [6.07, 6.45) is 11.4. The lowest BCUT2D eigenvalue weighted by Gasteiger charge is -2.53. The summed E-state index contributed by atoms with van der Waals surface area (Å²) in [5, 5.41) is 10.4. The van der Waals surface area contributed by atoms with Crippen LogP contribution in [0.1, 0.15) is 48.0 Å². The lowest BCUT2D eigenvalue weighted by atomic mass is 9.54. The molecule has 1 N–H and O–H groups in total. The lowest BCUT2D eigenvalue weighted by Crippen LogP contribution is -2.58. The van der Waals surface area contributed by atoms with Crippen molar-refractivity contribution in [3.8, 4) is 0 Å². The van der Waals surface area contributed by atoms with Gasteiger partial charge >= 0.3 is 5.97 Å². The van der Waals surface area contributed by atoms with Crippen molar-refractivity contribution >= 4 is 40.7 Å². The average Bonchev–Trinajstić information content (AvgIpc) is 2.77. The van der Waals surface area contributed by atoms with Crippen LogP contribution in [0.4, 0.5) is 0 Å². The zero-order chi connectivity index (χ0) is 25.6. The average molecular weight is 511 g/mol. The molecule has 0 radical (unpaired) electrons. The molecule has 7 heteroatoms. The summed E-state index contributed by atoms with van der Waals surface area (Å²) in [7, 11) is 0. The van der Waals surface area contributed by atoms with E-state index in [0.717, 1.165) is 0 Å². The van der Waals surface area contributed by atoms with Gasteiger partial charge in [-0.1, -0.05) is 44.2 Å². The van der Waals surface area contributed by atoms with Crippen LogP contribution in [0, 0.1) is 41.4 Å². The van der Waals surface area contributed by atoms with Gasteiger partial charge in [-0.05, 0) is 69.8 Å². The van der Waals surface area contributed by atoms with Gasteiger partial charge in [-0.15, -0.1) is 23.2 Å². The van der Waals surface area contributed by atoms with Crippen molar-refractivity contribution in [2.24, 2.45) is 41.4 Å². The van der Waals surface area contributed by atoms with Gasteiger partial charge in [0.15, 0.2) is 16.4 Å². The van der Waals surface area contributed by atoms with E-state index in [0.29, 0.717) is 6.42 Å². The van der Waals surface area contributed by atoms with E-state index in [1.807, 2.05) is 32.1 Å². The van der Waals surface area contributed by atoms with Gasteiger partial charge in [0.1, 0.15) is 12.0 Å². The highest BCUT2D eigenvalue weighted by atomic mass is 35.5. The van der Waals surface area contributed by atoms with E-state index >= 15 is 0 Å². The second kappa shape index (κ2) is 9.91. The second-order valence-electron chi connectivity index (χ2n) is 10.8. The van der Waals surface area contributed by atoms with Crippen LogP contribution in [0.5, 0.6) is 0 Å². The van der Waals surface area contributed by atoms with Gasteiger partial charge in [0.25, 0.3) is 0 Å². The maximum absolute atomic E-state index is 14.1. The Morgan fingerprint density at radius 1 is 0.971 bits per heavy atom.